The van der Waals surface area contributed by atoms with Crippen molar-refractivity contribution in [2.75, 3.05) is 13.2 Å². The van der Waals surface area contributed by atoms with E-state index in [1.54, 1.807) is 12.1 Å². The summed E-state index contributed by atoms with van der Waals surface area (Å²) < 4.78 is 5.67. The Labute approximate surface area is 114 Å². The number of hydrogen-bond donors (Lipinski definition) is 3. The molecule has 0 aromatic heterocycles. The summed E-state index contributed by atoms with van der Waals surface area (Å²) >= 11 is 0. The first kappa shape index (κ1) is 13.7. The number of nitrogens with two attached hydrogens (primary N) is 1. The molecule has 4 N–H and O–H groups in total. The smallest absolute Gasteiger partial charge is 0.115 e. The van der Waals surface area contributed by atoms with Crippen molar-refractivity contribution >= 4 is 5.70 Å². The van der Waals surface area contributed by atoms with Crippen molar-refractivity contribution in [1.29, 1.82) is 0 Å². The summed E-state index contributed by atoms with van der Waals surface area (Å²) in [6, 6.07) is 6.90. The summed E-state index contributed by atoms with van der Waals surface area (Å²) in [4.78, 5) is 0. The highest BCUT2D eigenvalue weighted by atomic mass is 16.5. The van der Waals surface area contributed by atoms with E-state index in [2.05, 4.69) is 5.32 Å². The number of nitrogens with one attached hydrogen (secondary N) is 1. The quantitative estimate of drug-likeness (QED) is 0.778. The average Bonchev–Trinajstić information content (AvgIpc) is 2.46. The van der Waals surface area contributed by atoms with Gasteiger partial charge in [0.15, 0.2) is 0 Å². The molecule has 1 aromatic carbocycles. The van der Waals surface area contributed by atoms with Gasteiger partial charge in [-0.1, -0.05) is 0 Å². The van der Waals surface area contributed by atoms with Crippen LogP contribution in [0.4, 0.5) is 0 Å². The van der Waals surface area contributed by atoms with E-state index in [4.69, 9.17) is 10.5 Å². The predicted molar refractivity (Wildman–Crippen MR) is 76.5 cm³/mol. The molecule has 1 aromatic rings. The Hall–Kier alpha value is -1.68. The third-order valence-corrected chi connectivity index (χ3v) is 3.45. The highest BCUT2D eigenvalue weighted by Gasteiger charge is 2.13. The zero-order chi connectivity index (χ0) is 13.7. The van der Waals surface area contributed by atoms with Crippen LogP contribution in [0.15, 0.2) is 30.0 Å². The number of rotatable bonds is 4. The minimum atomic E-state index is 0.248. The van der Waals surface area contributed by atoms with E-state index in [-0.39, 0.29) is 11.9 Å². The fourth-order valence-corrected chi connectivity index (χ4v) is 2.19. The van der Waals surface area contributed by atoms with E-state index in [0.29, 0.717) is 5.70 Å². The van der Waals surface area contributed by atoms with Gasteiger partial charge in [-0.15, -0.1) is 0 Å². The Bertz CT molecular complexity index is 434. The van der Waals surface area contributed by atoms with E-state index in [9.17, 15) is 5.11 Å². The monoisotopic (exact) mass is 262 g/mol. The third kappa shape index (κ3) is 3.89. The topological polar surface area (TPSA) is 67.5 Å². The van der Waals surface area contributed by atoms with Crippen molar-refractivity contribution in [3.8, 4) is 5.75 Å². The summed E-state index contributed by atoms with van der Waals surface area (Å²) in [5.74, 6) is 0.248. The molecular weight excluding hydrogens is 240 g/mol. The normalized spacial score (nSPS) is 20.8. The molecule has 4 heteroatoms. The van der Waals surface area contributed by atoms with Crippen molar-refractivity contribution < 1.29 is 9.84 Å². The summed E-state index contributed by atoms with van der Waals surface area (Å²) in [7, 11) is 0. The van der Waals surface area contributed by atoms with Crippen molar-refractivity contribution in [1.82, 2.24) is 5.32 Å². The summed E-state index contributed by atoms with van der Waals surface area (Å²) in [5.41, 5.74) is 8.66. The highest BCUT2D eigenvalue weighted by Crippen LogP contribution is 2.17. The number of ether oxygens (including phenoxy) is 1. The Balaban J connectivity index is 1.94. The third-order valence-electron chi connectivity index (χ3n) is 3.45. The largest absolute Gasteiger partial charge is 0.508 e. The lowest BCUT2D eigenvalue weighted by Gasteiger charge is -2.23. The van der Waals surface area contributed by atoms with Crippen LogP contribution in [-0.4, -0.2) is 24.4 Å². The lowest BCUT2D eigenvalue weighted by Crippen LogP contribution is -2.31. The van der Waals surface area contributed by atoms with Crippen LogP contribution in [0.2, 0.25) is 0 Å². The highest BCUT2D eigenvalue weighted by molar-refractivity contribution is 5.65. The molecular formula is C15H22N2O2. The SMILES string of the molecule is C/C(NCC1CCCCO1)=C(/N)c1ccc(O)cc1. The predicted octanol–water partition coefficient (Wildman–Crippen LogP) is 2.20. The standard InChI is InChI=1S/C15H22N2O2/c1-11(17-10-14-4-2-3-9-19-14)15(16)12-5-7-13(18)8-6-12/h5-8,14,17-18H,2-4,9-10,16H2,1H3/b15-11-. The molecule has 0 bridgehead atoms. The average molecular weight is 262 g/mol. The minimum Gasteiger partial charge on any atom is -0.508 e. The van der Waals surface area contributed by atoms with Crippen LogP contribution in [0.5, 0.6) is 5.75 Å². The second-order valence-corrected chi connectivity index (χ2v) is 4.96. The number of phenols is 1. The minimum absolute atomic E-state index is 0.248. The first-order chi connectivity index (χ1) is 9.16. The number of phenolic OH excluding ortho intramolecular Hbond substituents is 1. The second kappa shape index (κ2) is 6.48. The Morgan fingerprint density at radius 2 is 2.11 bits per heavy atom. The molecule has 0 radical (unpaired) electrons. The molecule has 1 saturated heterocycles. The summed E-state index contributed by atoms with van der Waals surface area (Å²) in [6.07, 6.45) is 3.81. The van der Waals surface area contributed by atoms with Gasteiger partial charge >= 0.3 is 0 Å². The van der Waals surface area contributed by atoms with Crippen LogP contribution in [-0.2, 0) is 4.74 Å². The fraction of sp³-hybridized carbons (Fsp3) is 0.467. The molecule has 1 atom stereocenters. The summed E-state index contributed by atoms with van der Waals surface area (Å²) in [5, 5.41) is 12.6. The van der Waals surface area contributed by atoms with Crippen molar-refractivity contribution in [3.05, 3.63) is 35.5 Å². The maximum absolute atomic E-state index is 9.26. The zero-order valence-corrected chi connectivity index (χ0v) is 11.4. The van der Waals surface area contributed by atoms with Crippen LogP contribution < -0.4 is 11.1 Å². The molecule has 0 aliphatic carbocycles. The first-order valence-corrected chi connectivity index (χ1v) is 6.78. The second-order valence-electron chi connectivity index (χ2n) is 4.96. The molecule has 0 spiro atoms. The number of aromatic hydroxyl groups is 1. The van der Waals surface area contributed by atoms with Crippen LogP contribution in [0.3, 0.4) is 0 Å². The molecule has 1 unspecified atom stereocenters. The molecule has 104 valence electrons. The molecule has 2 rings (SSSR count). The van der Waals surface area contributed by atoms with Gasteiger partial charge in [0.05, 0.1) is 11.8 Å². The van der Waals surface area contributed by atoms with Gasteiger partial charge in [-0.3, -0.25) is 0 Å². The Kier molecular flexibility index (Phi) is 4.68. The van der Waals surface area contributed by atoms with E-state index in [1.165, 1.54) is 12.8 Å². The van der Waals surface area contributed by atoms with Gasteiger partial charge in [-0.25, -0.2) is 0 Å². The molecule has 0 amide bonds. The van der Waals surface area contributed by atoms with Crippen LogP contribution >= 0.6 is 0 Å². The van der Waals surface area contributed by atoms with Crippen molar-refractivity contribution in [2.45, 2.75) is 32.3 Å². The van der Waals surface area contributed by atoms with Gasteiger partial charge in [0.1, 0.15) is 5.75 Å². The van der Waals surface area contributed by atoms with Gasteiger partial charge < -0.3 is 20.9 Å². The maximum Gasteiger partial charge on any atom is 0.115 e. The lowest BCUT2D eigenvalue weighted by atomic mass is 10.1. The van der Waals surface area contributed by atoms with E-state index >= 15 is 0 Å². The van der Waals surface area contributed by atoms with Gasteiger partial charge in [-0.05, 0) is 56.0 Å². The molecule has 1 aliphatic heterocycles. The van der Waals surface area contributed by atoms with Gasteiger partial charge in [-0.2, -0.15) is 0 Å². The van der Waals surface area contributed by atoms with Crippen molar-refractivity contribution in [3.63, 3.8) is 0 Å². The summed E-state index contributed by atoms with van der Waals surface area (Å²) in [6.45, 7) is 3.62. The van der Waals surface area contributed by atoms with Gasteiger partial charge in [0, 0.05) is 18.8 Å². The number of benzene rings is 1. The van der Waals surface area contributed by atoms with Crippen LogP contribution in [0.25, 0.3) is 5.70 Å². The molecule has 19 heavy (non-hydrogen) atoms. The van der Waals surface area contributed by atoms with Crippen LogP contribution in [0.1, 0.15) is 31.7 Å². The van der Waals surface area contributed by atoms with E-state index in [0.717, 1.165) is 30.8 Å². The van der Waals surface area contributed by atoms with Gasteiger partial charge in [0.25, 0.3) is 0 Å². The van der Waals surface area contributed by atoms with Crippen molar-refractivity contribution in [2.24, 2.45) is 5.73 Å². The van der Waals surface area contributed by atoms with E-state index in [1.807, 2.05) is 19.1 Å². The Morgan fingerprint density at radius 3 is 2.74 bits per heavy atom. The maximum atomic E-state index is 9.26. The first-order valence-electron chi connectivity index (χ1n) is 6.78. The molecule has 4 nitrogen and oxygen atoms in total. The number of allylic oxidation sites excluding steroid dienone is 1. The van der Waals surface area contributed by atoms with Gasteiger partial charge in [0.2, 0.25) is 0 Å². The molecule has 1 aliphatic rings. The zero-order valence-electron chi connectivity index (χ0n) is 11.4. The van der Waals surface area contributed by atoms with E-state index < -0.39 is 0 Å². The molecule has 0 saturated carbocycles. The molecule has 1 heterocycles. The lowest BCUT2D eigenvalue weighted by molar-refractivity contribution is 0.0184. The van der Waals surface area contributed by atoms with Crippen LogP contribution in [0, 0.1) is 0 Å². The Morgan fingerprint density at radius 1 is 1.37 bits per heavy atom. The number of hydrogen-bond acceptors (Lipinski definition) is 4. The fourth-order valence-electron chi connectivity index (χ4n) is 2.19. The molecule has 1 fully saturated rings.